The first-order valence-corrected chi connectivity index (χ1v) is 5.76. The second kappa shape index (κ2) is 6.51. The van der Waals surface area contributed by atoms with Gasteiger partial charge < -0.3 is 15.5 Å². The second-order valence-electron chi connectivity index (χ2n) is 4.45. The Kier molecular flexibility index (Phi) is 5.29. The number of nitrogens with one attached hydrogen (secondary N) is 1. The molecule has 0 radical (unpaired) electrons. The minimum atomic E-state index is -0.239. The quantitative estimate of drug-likeness (QED) is 0.645. The molecule has 16 heavy (non-hydrogen) atoms. The highest BCUT2D eigenvalue weighted by Gasteiger charge is 2.07. The molecule has 1 rings (SSSR count). The monoisotopic (exact) mass is 223 g/mol. The zero-order valence-corrected chi connectivity index (χ0v) is 9.98. The van der Waals surface area contributed by atoms with Gasteiger partial charge >= 0.3 is 0 Å². The fourth-order valence-electron chi connectivity index (χ4n) is 1.48. The fourth-order valence-corrected chi connectivity index (χ4v) is 1.48. The summed E-state index contributed by atoms with van der Waals surface area (Å²) in [6.45, 7) is 5.54. The van der Waals surface area contributed by atoms with Gasteiger partial charge in [0, 0.05) is 6.54 Å². The second-order valence-corrected chi connectivity index (χ2v) is 4.45. The average molecular weight is 223 g/mol. The standard InChI is InChI=1S/C13H21NO2/c1-10(2)13(16)6-7-14-9-11-4-3-5-12(15)8-11/h3-5,8,10,13-16H,6-7,9H2,1-2H3. The van der Waals surface area contributed by atoms with Crippen LogP contribution in [-0.2, 0) is 6.54 Å². The van der Waals surface area contributed by atoms with Crippen molar-refractivity contribution in [1.29, 1.82) is 0 Å². The third kappa shape index (κ3) is 4.64. The van der Waals surface area contributed by atoms with Gasteiger partial charge in [-0.3, -0.25) is 0 Å². The van der Waals surface area contributed by atoms with Crippen molar-refractivity contribution in [2.75, 3.05) is 6.54 Å². The summed E-state index contributed by atoms with van der Waals surface area (Å²) in [5.74, 6) is 0.601. The lowest BCUT2D eigenvalue weighted by molar-refractivity contribution is 0.116. The Bertz CT molecular complexity index is 313. The van der Waals surface area contributed by atoms with Crippen LogP contribution in [0.1, 0.15) is 25.8 Å². The van der Waals surface area contributed by atoms with Crippen LogP contribution in [0.4, 0.5) is 0 Å². The molecule has 0 bridgehead atoms. The molecule has 3 N–H and O–H groups in total. The van der Waals surface area contributed by atoms with Crippen molar-refractivity contribution in [3.63, 3.8) is 0 Å². The van der Waals surface area contributed by atoms with E-state index in [-0.39, 0.29) is 6.10 Å². The van der Waals surface area contributed by atoms with Gasteiger partial charge in [-0.25, -0.2) is 0 Å². The number of phenolic OH excluding ortho intramolecular Hbond substituents is 1. The van der Waals surface area contributed by atoms with Gasteiger partial charge in [0.2, 0.25) is 0 Å². The molecule has 0 aliphatic carbocycles. The van der Waals surface area contributed by atoms with E-state index in [0.717, 1.165) is 25.1 Å². The summed E-state index contributed by atoms with van der Waals surface area (Å²) in [6.07, 6.45) is 0.521. The first kappa shape index (κ1) is 13.0. The summed E-state index contributed by atoms with van der Waals surface area (Å²) in [5, 5.41) is 22.1. The molecule has 0 aromatic heterocycles. The van der Waals surface area contributed by atoms with E-state index in [1.54, 1.807) is 12.1 Å². The Morgan fingerprint density at radius 1 is 1.31 bits per heavy atom. The smallest absolute Gasteiger partial charge is 0.115 e. The number of aliphatic hydroxyl groups is 1. The van der Waals surface area contributed by atoms with E-state index in [0.29, 0.717) is 11.7 Å². The lowest BCUT2D eigenvalue weighted by atomic mass is 10.0. The largest absolute Gasteiger partial charge is 0.508 e. The van der Waals surface area contributed by atoms with E-state index >= 15 is 0 Å². The first-order chi connectivity index (χ1) is 7.59. The van der Waals surface area contributed by atoms with Crippen molar-refractivity contribution in [1.82, 2.24) is 5.32 Å². The maximum absolute atomic E-state index is 9.59. The minimum Gasteiger partial charge on any atom is -0.508 e. The summed E-state index contributed by atoms with van der Waals surface area (Å²) < 4.78 is 0. The first-order valence-electron chi connectivity index (χ1n) is 5.76. The zero-order valence-electron chi connectivity index (χ0n) is 9.98. The highest BCUT2D eigenvalue weighted by molar-refractivity contribution is 5.26. The molecule has 0 aliphatic rings. The van der Waals surface area contributed by atoms with E-state index in [9.17, 15) is 10.2 Å². The van der Waals surface area contributed by atoms with Gasteiger partial charge in [-0.05, 0) is 36.6 Å². The molecule has 3 nitrogen and oxygen atoms in total. The molecule has 0 aliphatic heterocycles. The molecule has 3 heteroatoms. The van der Waals surface area contributed by atoms with Crippen molar-refractivity contribution in [3.05, 3.63) is 29.8 Å². The number of phenols is 1. The summed E-state index contributed by atoms with van der Waals surface area (Å²) in [7, 11) is 0. The average Bonchev–Trinajstić information content (AvgIpc) is 2.24. The van der Waals surface area contributed by atoms with Gasteiger partial charge in [0.15, 0.2) is 0 Å². The lowest BCUT2D eigenvalue weighted by Crippen LogP contribution is -2.23. The maximum atomic E-state index is 9.59. The van der Waals surface area contributed by atoms with Crippen LogP contribution in [0, 0.1) is 5.92 Å². The summed E-state index contributed by atoms with van der Waals surface area (Å²) in [5.41, 5.74) is 1.05. The number of hydrogen-bond donors (Lipinski definition) is 3. The van der Waals surface area contributed by atoms with Crippen LogP contribution in [0.15, 0.2) is 24.3 Å². The number of aliphatic hydroxyl groups excluding tert-OH is 1. The summed E-state index contributed by atoms with van der Waals surface area (Å²) in [6, 6.07) is 7.19. The molecule has 90 valence electrons. The third-order valence-electron chi connectivity index (χ3n) is 2.63. The van der Waals surface area contributed by atoms with Crippen LogP contribution < -0.4 is 5.32 Å². The fraction of sp³-hybridized carbons (Fsp3) is 0.538. The molecule has 1 aromatic rings. The maximum Gasteiger partial charge on any atom is 0.115 e. The Labute approximate surface area is 97.1 Å². The minimum absolute atomic E-state index is 0.239. The number of hydrogen-bond acceptors (Lipinski definition) is 3. The van der Waals surface area contributed by atoms with E-state index in [2.05, 4.69) is 5.32 Å². The van der Waals surface area contributed by atoms with Crippen LogP contribution in [0.2, 0.25) is 0 Å². The highest BCUT2D eigenvalue weighted by Crippen LogP contribution is 2.10. The van der Waals surface area contributed by atoms with Gasteiger partial charge in [-0.1, -0.05) is 26.0 Å². The third-order valence-corrected chi connectivity index (χ3v) is 2.63. The number of benzene rings is 1. The van der Waals surface area contributed by atoms with Crippen LogP contribution in [0.5, 0.6) is 5.75 Å². The van der Waals surface area contributed by atoms with Crippen LogP contribution in [-0.4, -0.2) is 22.9 Å². The normalized spacial score (nSPS) is 13.0. The van der Waals surface area contributed by atoms with Crippen molar-refractivity contribution in [2.45, 2.75) is 32.9 Å². The molecule has 0 saturated carbocycles. The summed E-state index contributed by atoms with van der Waals surface area (Å²) >= 11 is 0. The topological polar surface area (TPSA) is 52.5 Å². The predicted molar refractivity (Wildman–Crippen MR) is 65.3 cm³/mol. The van der Waals surface area contributed by atoms with Gasteiger partial charge in [0.1, 0.15) is 5.75 Å². The highest BCUT2D eigenvalue weighted by atomic mass is 16.3. The molecule has 0 amide bonds. The Balaban J connectivity index is 2.21. The number of rotatable bonds is 6. The molecule has 1 unspecified atom stereocenters. The van der Waals surface area contributed by atoms with E-state index < -0.39 is 0 Å². The van der Waals surface area contributed by atoms with Crippen molar-refractivity contribution < 1.29 is 10.2 Å². The number of aromatic hydroxyl groups is 1. The van der Waals surface area contributed by atoms with E-state index in [1.165, 1.54) is 0 Å². The molecule has 1 aromatic carbocycles. The molecular weight excluding hydrogens is 202 g/mol. The molecule has 0 heterocycles. The van der Waals surface area contributed by atoms with E-state index in [4.69, 9.17) is 0 Å². The van der Waals surface area contributed by atoms with Gasteiger partial charge in [0.05, 0.1) is 6.10 Å². The lowest BCUT2D eigenvalue weighted by Gasteiger charge is -2.14. The molecule has 0 fully saturated rings. The molecule has 0 spiro atoms. The van der Waals surface area contributed by atoms with E-state index in [1.807, 2.05) is 26.0 Å². The van der Waals surface area contributed by atoms with Gasteiger partial charge in [-0.15, -0.1) is 0 Å². The molecule has 1 atom stereocenters. The van der Waals surface area contributed by atoms with Crippen molar-refractivity contribution in [3.8, 4) is 5.75 Å². The van der Waals surface area contributed by atoms with Gasteiger partial charge in [-0.2, -0.15) is 0 Å². The van der Waals surface area contributed by atoms with Crippen LogP contribution in [0.25, 0.3) is 0 Å². The van der Waals surface area contributed by atoms with Gasteiger partial charge in [0.25, 0.3) is 0 Å². The van der Waals surface area contributed by atoms with Crippen LogP contribution >= 0.6 is 0 Å². The van der Waals surface area contributed by atoms with Crippen LogP contribution in [0.3, 0.4) is 0 Å². The predicted octanol–water partition coefficient (Wildman–Crippen LogP) is 1.89. The van der Waals surface area contributed by atoms with Crippen molar-refractivity contribution in [2.24, 2.45) is 5.92 Å². The van der Waals surface area contributed by atoms with Crippen molar-refractivity contribution >= 4 is 0 Å². The molecule has 0 saturated heterocycles. The summed E-state index contributed by atoms with van der Waals surface area (Å²) in [4.78, 5) is 0. The SMILES string of the molecule is CC(C)C(O)CCNCc1cccc(O)c1. The Hall–Kier alpha value is -1.06. The Morgan fingerprint density at radius 3 is 2.69 bits per heavy atom. The Morgan fingerprint density at radius 2 is 2.06 bits per heavy atom. The molecular formula is C13H21NO2. The zero-order chi connectivity index (χ0) is 12.0.